The van der Waals surface area contributed by atoms with Crippen LogP contribution in [0.2, 0.25) is 0 Å². The zero-order valence-corrected chi connectivity index (χ0v) is 14.4. The van der Waals surface area contributed by atoms with Crippen molar-refractivity contribution in [2.45, 2.75) is 51.3 Å². The van der Waals surface area contributed by atoms with E-state index in [1.807, 2.05) is 0 Å². The van der Waals surface area contributed by atoms with E-state index in [2.05, 4.69) is 18.7 Å². The van der Waals surface area contributed by atoms with Crippen LogP contribution in [0.1, 0.15) is 40.5 Å². The fourth-order valence-corrected chi connectivity index (χ4v) is 4.62. The van der Waals surface area contributed by atoms with Crippen LogP contribution in [-0.4, -0.2) is 66.8 Å². The molecule has 2 saturated heterocycles. The fraction of sp³-hybridized carbons (Fsp3) is 0.933. The van der Waals surface area contributed by atoms with Gasteiger partial charge in [0.1, 0.15) is 0 Å². The van der Waals surface area contributed by atoms with Crippen molar-refractivity contribution in [3.63, 3.8) is 0 Å². The second-order valence-electron chi connectivity index (χ2n) is 7.24. The largest absolute Gasteiger partial charge is 0.340 e. The van der Waals surface area contributed by atoms with Crippen molar-refractivity contribution in [1.82, 2.24) is 9.80 Å². The molecule has 1 amide bonds. The Morgan fingerprint density at radius 1 is 1.14 bits per heavy atom. The maximum atomic E-state index is 12.6. The topological polar surface area (TPSA) is 57.7 Å². The molecule has 0 N–H and O–H groups in total. The third-order valence-corrected chi connectivity index (χ3v) is 7.50. The molecular weight excluding hydrogens is 288 g/mol. The van der Waals surface area contributed by atoms with Crippen molar-refractivity contribution < 1.29 is 13.2 Å². The van der Waals surface area contributed by atoms with Crippen LogP contribution in [0.3, 0.4) is 0 Å². The van der Waals surface area contributed by atoms with Gasteiger partial charge < -0.3 is 9.80 Å². The molecule has 21 heavy (non-hydrogen) atoms. The number of rotatable bonds is 2. The van der Waals surface area contributed by atoms with Gasteiger partial charge in [0.25, 0.3) is 0 Å². The van der Waals surface area contributed by atoms with E-state index in [-0.39, 0.29) is 17.6 Å². The molecule has 0 spiro atoms. The van der Waals surface area contributed by atoms with Crippen molar-refractivity contribution in [1.29, 1.82) is 0 Å². The quantitative estimate of drug-likeness (QED) is 0.767. The van der Waals surface area contributed by atoms with Gasteiger partial charge in [0.05, 0.1) is 10.5 Å². The summed E-state index contributed by atoms with van der Waals surface area (Å²) in [5, 5.41) is 0. The van der Waals surface area contributed by atoms with E-state index in [1.165, 1.54) is 0 Å². The molecule has 2 aliphatic rings. The Balaban J connectivity index is 1.96. The minimum Gasteiger partial charge on any atom is -0.340 e. The van der Waals surface area contributed by atoms with Gasteiger partial charge in [-0.1, -0.05) is 0 Å². The number of carbonyl (C=O) groups is 1. The lowest BCUT2D eigenvalue weighted by molar-refractivity contribution is -0.137. The number of amides is 1. The predicted molar refractivity (Wildman–Crippen MR) is 83.9 cm³/mol. The molecule has 0 atom stereocenters. The summed E-state index contributed by atoms with van der Waals surface area (Å²) in [5.74, 6) is 0.314. The van der Waals surface area contributed by atoms with Gasteiger partial charge in [-0.2, -0.15) is 0 Å². The summed E-state index contributed by atoms with van der Waals surface area (Å²) < 4.78 is 23.2. The van der Waals surface area contributed by atoms with Gasteiger partial charge in [0.2, 0.25) is 5.91 Å². The minimum absolute atomic E-state index is 0.0663. The molecular formula is C15H28N2O3S. The van der Waals surface area contributed by atoms with E-state index in [1.54, 1.807) is 18.7 Å². The molecule has 0 saturated carbocycles. The highest BCUT2D eigenvalue weighted by molar-refractivity contribution is 7.92. The Morgan fingerprint density at radius 3 is 2.19 bits per heavy atom. The van der Waals surface area contributed by atoms with E-state index in [0.29, 0.717) is 19.1 Å². The van der Waals surface area contributed by atoms with Crippen molar-refractivity contribution in [2.24, 2.45) is 5.92 Å². The number of carbonyl (C=O) groups excluding carboxylic acids is 1. The SMILES string of the molecule is CC(C)N1CCC(C(=O)N2CCS(=O)(=O)C(C)(C)C2)CC1. The van der Waals surface area contributed by atoms with Crippen LogP contribution in [0.15, 0.2) is 0 Å². The molecule has 2 heterocycles. The molecule has 0 aromatic heterocycles. The zero-order chi connectivity index (χ0) is 15.8. The molecule has 0 bridgehead atoms. The molecule has 6 heteroatoms. The summed E-state index contributed by atoms with van der Waals surface area (Å²) in [6.07, 6.45) is 1.78. The monoisotopic (exact) mass is 316 g/mol. The summed E-state index contributed by atoms with van der Waals surface area (Å²) >= 11 is 0. The summed E-state index contributed by atoms with van der Waals surface area (Å²) in [7, 11) is -3.08. The van der Waals surface area contributed by atoms with Gasteiger partial charge in [0.15, 0.2) is 9.84 Å². The van der Waals surface area contributed by atoms with Gasteiger partial charge >= 0.3 is 0 Å². The maximum Gasteiger partial charge on any atom is 0.225 e. The van der Waals surface area contributed by atoms with E-state index in [0.717, 1.165) is 25.9 Å². The third kappa shape index (κ3) is 3.42. The molecule has 2 rings (SSSR count). The highest BCUT2D eigenvalue weighted by Crippen LogP contribution is 2.27. The average molecular weight is 316 g/mol. The van der Waals surface area contributed by atoms with Crippen molar-refractivity contribution in [3.05, 3.63) is 0 Å². The Labute approximate surface area is 128 Å². The van der Waals surface area contributed by atoms with E-state index in [9.17, 15) is 13.2 Å². The smallest absolute Gasteiger partial charge is 0.225 e. The van der Waals surface area contributed by atoms with Crippen LogP contribution < -0.4 is 0 Å². The van der Waals surface area contributed by atoms with Crippen LogP contribution in [0.4, 0.5) is 0 Å². The molecule has 0 aliphatic carbocycles. The number of hydrogen-bond donors (Lipinski definition) is 0. The van der Waals surface area contributed by atoms with Crippen LogP contribution in [0.5, 0.6) is 0 Å². The lowest BCUT2D eigenvalue weighted by Gasteiger charge is -2.41. The van der Waals surface area contributed by atoms with Crippen LogP contribution in [0.25, 0.3) is 0 Å². The molecule has 2 aliphatic heterocycles. The molecule has 5 nitrogen and oxygen atoms in total. The summed E-state index contributed by atoms with van der Waals surface area (Å²) in [4.78, 5) is 16.8. The van der Waals surface area contributed by atoms with Gasteiger partial charge in [-0.25, -0.2) is 8.42 Å². The van der Waals surface area contributed by atoms with E-state index < -0.39 is 14.6 Å². The molecule has 122 valence electrons. The van der Waals surface area contributed by atoms with Crippen LogP contribution in [0, 0.1) is 5.92 Å². The Bertz CT molecular complexity index is 491. The van der Waals surface area contributed by atoms with E-state index >= 15 is 0 Å². The number of piperidine rings is 1. The first kappa shape index (κ1) is 16.7. The Morgan fingerprint density at radius 2 is 1.71 bits per heavy atom. The number of hydrogen-bond acceptors (Lipinski definition) is 4. The summed E-state index contributed by atoms with van der Waals surface area (Å²) in [6.45, 7) is 10.4. The molecule has 0 radical (unpaired) electrons. The fourth-order valence-electron chi connectivity index (χ4n) is 3.25. The lowest BCUT2D eigenvalue weighted by Crippen LogP contribution is -2.56. The first-order valence-electron chi connectivity index (χ1n) is 7.89. The normalized spacial score (nSPS) is 27.0. The maximum absolute atomic E-state index is 12.6. The van der Waals surface area contributed by atoms with Crippen molar-refractivity contribution in [2.75, 3.05) is 31.9 Å². The number of nitrogens with zero attached hydrogens (tertiary/aromatic N) is 2. The zero-order valence-electron chi connectivity index (χ0n) is 13.6. The number of sulfone groups is 1. The van der Waals surface area contributed by atoms with Crippen molar-refractivity contribution in [3.8, 4) is 0 Å². The second-order valence-corrected chi connectivity index (χ2v) is 9.99. The van der Waals surface area contributed by atoms with Crippen molar-refractivity contribution >= 4 is 15.7 Å². The van der Waals surface area contributed by atoms with E-state index in [4.69, 9.17) is 0 Å². The average Bonchev–Trinajstić information content (AvgIpc) is 2.41. The lowest BCUT2D eigenvalue weighted by atomic mass is 9.94. The molecule has 0 aromatic rings. The minimum atomic E-state index is -3.08. The molecule has 0 unspecified atom stereocenters. The molecule has 0 aromatic carbocycles. The Hall–Kier alpha value is -0.620. The Kier molecular flexibility index (Phi) is 4.69. The summed E-state index contributed by atoms with van der Waals surface area (Å²) in [5.41, 5.74) is 0. The van der Waals surface area contributed by atoms with Gasteiger partial charge in [-0.05, 0) is 53.6 Å². The highest BCUT2D eigenvalue weighted by Gasteiger charge is 2.42. The van der Waals surface area contributed by atoms with Gasteiger partial charge in [0, 0.05) is 25.0 Å². The van der Waals surface area contributed by atoms with Crippen LogP contribution >= 0.6 is 0 Å². The van der Waals surface area contributed by atoms with Gasteiger partial charge in [-0.15, -0.1) is 0 Å². The van der Waals surface area contributed by atoms with Crippen LogP contribution in [-0.2, 0) is 14.6 Å². The second kappa shape index (κ2) is 5.88. The standard InChI is InChI=1S/C15H28N2O3S/c1-12(2)16-7-5-13(6-8-16)14(18)17-9-10-21(19,20)15(3,4)11-17/h12-13H,5-11H2,1-4H3. The third-order valence-electron chi connectivity index (χ3n) is 4.96. The first-order valence-corrected chi connectivity index (χ1v) is 9.54. The predicted octanol–water partition coefficient (Wildman–Crippen LogP) is 1.14. The molecule has 2 fully saturated rings. The van der Waals surface area contributed by atoms with Gasteiger partial charge in [-0.3, -0.25) is 4.79 Å². The first-order chi connectivity index (χ1) is 9.64. The highest BCUT2D eigenvalue weighted by atomic mass is 32.2. The summed E-state index contributed by atoms with van der Waals surface area (Å²) in [6, 6.07) is 0.528. The number of likely N-dealkylation sites (tertiary alicyclic amines) is 1.